The van der Waals surface area contributed by atoms with Crippen LogP contribution >= 0.6 is 0 Å². The number of hydrogen-bond acceptors (Lipinski definition) is 3. The minimum atomic E-state index is 0.240. The second-order valence-electron chi connectivity index (χ2n) is 6.75. The van der Waals surface area contributed by atoms with Gasteiger partial charge in [-0.2, -0.15) is 0 Å². The Hall–Kier alpha value is -2.39. The van der Waals surface area contributed by atoms with Crippen LogP contribution in [0.2, 0.25) is 0 Å². The number of allylic oxidation sites excluding steroid dienone is 3. The second-order valence-corrected chi connectivity index (χ2v) is 6.75. The zero-order valence-electron chi connectivity index (χ0n) is 16.2. The third-order valence-corrected chi connectivity index (χ3v) is 4.52. The Morgan fingerprint density at radius 2 is 2.04 bits per heavy atom. The molecule has 1 aromatic carbocycles. The SMILES string of the molecule is C=CC1=C(C=C)/C(=C/CCN(C)C)c2cc(CC(=O)CC)ccc2OC1. The van der Waals surface area contributed by atoms with Crippen LogP contribution in [0.4, 0.5) is 0 Å². The lowest BCUT2D eigenvalue weighted by molar-refractivity contribution is -0.118. The van der Waals surface area contributed by atoms with Crippen molar-refractivity contribution in [2.45, 2.75) is 26.2 Å². The van der Waals surface area contributed by atoms with Crippen molar-refractivity contribution in [3.05, 3.63) is 71.9 Å². The molecule has 3 nitrogen and oxygen atoms in total. The topological polar surface area (TPSA) is 29.5 Å². The van der Waals surface area contributed by atoms with Gasteiger partial charge in [0.25, 0.3) is 0 Å². The Balaban J connectivity index is 2.53. The number of carbonyl (C=O) groups is 1. The van der Waals surface area contributed by atoms with E-state index in [9.17, 15) is 4.79 Å². The molecular formula is C23H29NO2. The monoisotopic (exact) mass is 351 g/mol. The first-order chi connectivity index (χ1) is 12.5. The predicted octanol–water partition coefficient (Wildman–Crippen LogP) is 4.60. The predicted molar refractivity (Wildman–Crippen MR) is 110 cm³/mol. The Labute approximate surface area is 157 Å². The number of ketones is 1. The van der Waals surface area contributed by atoms with Gasteiger partial charge >= 0.3 is 0 Å². The normalized spacial score (nSPS) is 15.5. The third-order valence-electron chi connectivity index (χ3n) is 4.52. The van der Waals surface area contributed by atoms with Crippen LogP contribution in [0.3, 0.4) is 0 Å². The molecule has 0 unspecified atom stereocenters. The lowest BCUT2D eigenvalue weighted by atomic mass is 9.91. The van der Waals surface area contributed by atoms with Crippen LogP contribution < -0.4 is 4.74 Å². The van der Waals surface area contributed by atoms with E-state index in [0.717, 1.165) is 46.6 Å². The molecule has 1 aliphatic heterocycles. The number of benzene rings is 1. The zero-order chi connectivity index (χ0) is 19.1. The van der Waals surface area contributed by atoms with Gasteiger partial charge in [-0.05, 0) is 54.9 Å². The van der Waals surface area contributed by atoms with E-state index in [2.05, 4.69) is 44.3 Å². The highest BCUT2D eigenvalue weighted by Gasteiger charge is 2.19. The first kappa shape index (κ1) is 19.9. The number of carbonyl (C=O) groups excluding carboxylic acids is 1. The summed E-state index contributed by atoms with van der Waals surface area (Å²) in [6.45, 7) is 11.3. The fourth-order valence-electron chi connectivity index (χ4n) is 3.02. The van der Waals surface area contributed by atoms with E-state index in [1.54, 1.807) is 0 Å². The summed E-state index contributed by atoms with van der Waals surface area (Å²) in [5.41, 5.74) is 5.23. The van der Waals surface area contributed by atoms with Crippen molar-refractivity contribution in [3.8, 4) is 5.75 Å². The van der Waals surface area contributed by atoms with Gasteiger partial charge in [-0.1, -0.05) is 44.4 Å². The molecule has 0 fully saturated rings. The molecule has 0 saturated carbocycles. The average molecular weight is 351 g/mol. The molecule has 0 N–H and O–H groups in total. The van der Waals surface area contributed by atoms with Gasteiger partial charge < -0.3 is 9.64 Å². The van der Waals surface area contributed by atoms with Gasteiger partial charge in [0.05, 0.1) is 0 Å². The Kier molecular flexibility index (Phi) is 7.16. The van der Waals surface area contributed by atoms with Crippen molar-refractivity contribution in [1.29, 1.82) is 0 Å². The maximum Gasteiger partial charge on any atom is 0.136 e. The van der Waals surface area contributed by atoms with Gasteiger partial charge in [-0.15, -0.1) is 0 Å². The van der Waals surface area contributed by atoms with E-state index in [1.165, 1.54) is 0 Å². The number of fused-ring (bicyclic) bond motifs is 1. The zero-order valence-corrected chi connectivity index (χ0v) is 16.2. The highest BCUT2D eigenvalue weighted by Crippen LogP contribution is 2.37. The lowest BCUT2D eigenvalue weighted by Gasteiger charge is -2.14. The minimum Gasteiger partial charge on any atom is -0.488 e. The molecule has 0 aromatic heterocycles. The number of nitrogens with zero attached hydrogens (tertiary/aromatic N) is 1. The molecule has 1 aliphatic rings. The molecule has 138 valence electrons. The molecule has 3 heteroatoms. The molecule has 26 heavy (non-hydrogen) atoms. The quantitative estimate of drug-likeness (QED) is 0.685. The summed E-state index contributed by atoms with van der Waals surface area (Å²) in [5, 5.41) is 0. The molecule has 0 saturated heterocycles. The average Bonchev–Trinajstić information content (AvgIpc) is 2.77. The van der Waals surface area contributed by atoms with Crippen LogP contribution in [0.25, 0.3) is 5.57 Å². The minimum absolute atomic E-state index is 0.240. The van der Waals surface area contributed by atoms with Gasteiger partial charge in [0.1, 0.15) is 18.1 Å². The van der Waals surface area contributed by atoms with Gasteiger partial charge in [0.2, 0.25) is 0 Å². The number of ether oxygens (including phenoxy) is 1. The van der Waals surface area contributed by atoms with Crippen LogP contribution in [0.5, 0.6) is 5.75 Å². The molecule has 0 atom stereocenters. The summed E-state index contributed by atoms with van der Waals surface area (Å²) >= 11 is 0. The van der Waals surface area contributed by atoms with Crippen molar-refractivity contribution >= 4 is 11.4 Å². The van der Waals surface area contributed by atoms with Gasteiger partial charge in [0, 0.05) is 24.9 Å². The standard InChI is InChI=1S/C23H29NO2/c1-6-18-16-26-23-12-11-17(14-19(25)7-2)15-22(23)21(20(18)8-3)10-9-13-24(4)5/h6,8,10-12,15H,1,3,7,9,13-14,16H2,2,4-5H3/b21-10-. The van der Waals surface area contributed by atoms with Crippen molar-refractivity contribution in [3.63, 3.8) is 0 Å². The highest BCUT2D eigenvalue weighted by atomic mass is 16.5. The van der Waals surface area contributed by atoms with E-state index in [4.69, 9.17) is 4.74 Å². The van der Waals surface area contributed by atoms with Crippen LogP contribution in [0.1, 0.15) is 30.9 Å². The Morgan fingerprint density at radius 3 is 2.65 bits per heavy atom. The van der Waals surface area contributed by atoms with Crippen LogP contribution in [-0.4, -0.2) is 37.9 Å². The first-order valence-electron chi connectivity index (χ1n) is 9.11. The summed E-state index contributed by atoms with van der Waals surface area (Å²) < 4.78 is 6.01. The number of hydrogen-bond donors (Lipinski definition) is 0. The Morgan fingerprint density at radius 1 is 1.27 bits per heavy atom. The van der Waals surface area contributed by atoms with E-state index in [0.29, 0.717) is 19.4 Å². The molecule has 0 amide bonds. The fraction of sp³-hybridized carbons (Fsp3) is 0.348. The molecule has 0 bridgehead atoms. The van der Waals surface area contributed by atoms with Crippen molar-refractivity contribution < 1.29 is 9.53 Å². The van der Waals surface area contributed by atoms with E-state index >= 15 is 0 Å². The van der Waals surface area contributed by atoms with Crippen molar-refractivity contribution in [2.24, 2.45) is 0 Å². The molecule has 0 aliphatic carbocycles. The first-order valence-corrected chi connectivity index (χ1v) is 9.11. The molecule has 2 rings (SSSR count). The van der Waals surface area contributed by atoms with Gasteiger partial charge in [0.15, 0.2) is 0 Å². The highest BCUT2D eigenvalue weighted by molar-refractivity contribution is 5.87. The van der Waals surface area contributed by atoms with E-state index in [-0.39, 0.29) is 5.78 Å². The van der Waals surface area contributed by atoms with Crippen LogP contribution in [-0.2, 0) is 11.2 Å². The smallest absolute Gasteiger partial charge is 0.136 e. The summed E-state index contributed by atoms with van der Waals surface area (Å²) in [5.74, 6) is 1.08. The van der Waals surface area contributed by atoms with Crippen molar-refractivity contribution in [1.82, 2.24) is 4.90 Å². The third kappa shape index (κ3) is 4.83. The van der Waals surface area contributed by atoms with Gasteiger partial charge in [-0.3, -0.25) is 4.79 Å². The largest absolute Gasteiger partial charge is 0.488 e. The number of rotatable bonds is 8. The Bertz CT molecular complexity index is 753. The van der Waals surface area contributed by atoms with Crippen molar-refractivity contribution in [2.75, 3.05) is 27.2 Å². The summed E-state index contributed by atoms with van der Waals surface area (Å²) in [4.78, 5) is 14.0. The van der Waals surface area contributed by atoms with Crippen LogP contribution in [0, 0.1) is 0 Å². The lowest BCUT2D eigenvalue weighted by Crippen LogP contribution is -2.12. The maximum atomic E-state index is 11.9. The molecule has 1 aromatic rings. The molecule has 0 spiro atoms. The summed E-state index contributed by atoms with van der Waals surface area (Å²) in [6, 6.07) is 6.04. The number of Topliss-reactive ketones (excluding diaryl/α,β-unsaturated/α-hetero) is 1. The molecule has 1 heterocycles. The second kappa shape index (κ2) is 9.35. The van der Waals surface area contributed by atoms with E-state index < -0.39 is 0 Å². The molecular weight excluding hydrogens is 322 g/mol. The van der Waals surface area contributed by atoms with E-state index in [1.807, 2.05) is 31.2 Å². The molecule has 0 radical (unpaired) electrons. The summed E-state index contributed by atoms with van der Waals surface area (Å²) in [7, 11) is 4.13. The summed E-state index contributed by atoms with van der Waals surface area (Å²) in [6.07, 6.45) is 7.87. The van der Waals surface area contributed by atoms with Crippen LogP contribution in [0.15, 0.2) is 60.7 Å². The maximum absolute atomic E-state index is 11.9. The van der Waals surface area contributed by atoms with Gasteiger partial charge in [-0.25, -0.2) is 0 Å². The fourth-order valence-corrected chi connectivity index (χ4v) is 3.02.